The number of alkyl halides is 2. The van der Waals surface area contributed by atoms with E-state index in [1.165, 1.54) is 39.6 Å². The third-order valence-electron chi connectivity index (χ3n) is 9.29. The van der Waals surface area contributed by atoms with Gasteiger partial charge in [0.2, 0.25) is 17.7 Å². The standard InChI is InChI=1S/C34H32F2N7O8P/c1-19(44)41-14-12-23-9-11-28(31(46)39-25-13-15-42(33(48)29(25)37-2)22-6-4-3-5-7-22)43(23)32(47)27(18-41)40-30(45)26-17-20-16-21(8-10-24(20)38-26)34(35,36)52(49,50)51/h3-8,10,13,15-17,23,27-28,38H,9,11-12,14,18H2,1H3,(H,39,46)(H,40,45)(H2,49,50,51)/t23-,27+,28+/m1/s1. The molecule has 0 radical (unpaired) electrons. The molecule has 0 saturated carbocycles. The average molecular weight is 736 g/mol. The number of amides is 4. The lowest BCUT2D eigenvalue weighted by atomic mass is 10.1. The van der Waals surface area contributed by atoms with Crippen LogP contribution in [0.25, 0.3) is 21.4 Å². The molecule has 2 fully saturated rings. The fraction of sp³-hybridized carbons (Fsp3) is 0.294. The van der Waals surface area contributed by atoms with Crippen LogP contribution in [0.5, 0.6) is 0 Å². The van der Waals surface area contributed by atoms with Crippen LogP contribution in [0, 0.1) is 6.57 Å². The van der Waals surface area contributed by atoms with Gasteiger partial charge in [-0.15, -0.1) is 0 Å². The number of halogens is 2. The first-order valence-electron chi connectivity index (χ1n) is 16.1. The molecular formula is C34H32F2N7O8P. The van der Waals surface area contributed by atoms with Crippen molar-refractivity contribution < 1.29 is 42.3 Å². The quantitative estimate of drug-likeness (QED) is 0.140. The summed E-state index contributed by atoms with van der Waals surface area (Å²) in [5, 5.41) is 5.27. The highest BCUT2D eigenvalue weighted by Crippen LogP contribution is 2.59. The number of hydrogen-bond acceptors (Lipinski definition) is 6. The first-order valence-corrected chi connectivity index (χ1v) is 17.7. The lowest BCUT2D eigenvalue weighted by Gasteiger charge is -2.38. The molecule has 2 aromatic heterocycles. The van der Waals surface area contributed by atoms with Gasteiger partial charge in [0, 0.05) is 54.4 Å². The fourth-order valence-corrected chi connectivity index (χ4v) is 7.09. The van der Waals surface area contributed by atoms with Crippen LogP contribution in [-0.2, 0) is 24.6 Å². The number of para-hydroxylation sites is 1. The number of aromatic nitrogens is 2. The number of pyridine rings is 1. The van der Waals surface area contributed by atoms with Crippen molar-refractivity contribution in [1.29, 1.82) is 0 Å². The van der Waals surface area contributed by atoms with Crippen LogP contribution in [0.2, 0.25) is 0 Å². The van der Waals surface area contributed by atoms with Gasteiger partial charge in [-0.2, -0.15) is 8.78 Å². The predicted octanol–water partition coefficient (Wildman–Crippen LogP) is 3.45. The van der Waals surface area contributed by atoms with E-state index >= 15 is 0 Å². The number of nitrogens with one attached hydrogen (secondary N) is 3. The van der Waals surface area contributed by atoms with Crippen LogP contribution < -0.4 is 16.2 Å². The minimum absolute atomic E-state index is 0.0340. The second-order valence-electron chi connectivity index (χ2n) is 12.5. The zero-order chi connectivity index (χ0) is 37.5. The van der Waals surface area contributed by atoms with Gasteiger partial charge in [0.1, 0.15) is 17.8 Å². The maximum atomic E-state index is 14.4. The fourth-order valence-electron chi connectivity index (χ4n) is 6.61. The third-order valence-corrected chi connectivity index (χ3v) is 10.3. The number of benzene rings is 2. The zero-order valence-corrected chi connectivity index (χ0v) is 28.3. The van der Waals surface area contributed by atoms with E-state index in [9.17, 15) is 37.3 Å². The van der Waals surface area contributed by atoms with Crippen LogP contribution >= 0.6 is 7.60 Å². The number of fused-ring (bicyclic) bond motifs is 2. The minimum atomic E-state index is -5.85. The molecule has 2 aromatic carbocycles. The van der Waals surface area contributed by atoms with Crippen LogP contribution in [0.3, 0.4) is 0 Å². The highest BCUT2D eigenvalue weighted by atomic mass is 31.2. The topological polar surface area (TPSA) is 198 Å². The molecule has 0 spiro atoms. The number of nitrogens with zero attached hydrogens (tertiary/aromatic N) is 4. The Morgan fingerprint density at radius 2 is 1.77 bits per heavy atom. The Labute approximate surface area is 294 Å². The average Bonchev–Trinajstić information content (AvgIpc) is 3.73. The highest BCUT2D eigenvalue weighted by molar-refractivity contribution is 7.52. The Morgan fingerprint density at radius 3 is 2.44 bits per heavy atom. The molecule has 5 N–H and O–H groups in total. The number of anilines is 1. The number of carbonyl (C=O) groups is 4. The van der Waals surface area contributed by atoms with E-state index in [1.807, 2.05) is 0 Å². The van der Waals surface area contributed by atoms with E-state index in [2.05, 4.69) is 20.5 Å². The molecule has 52 heavy (non-hydrogen) atoms. The van der Waals surface area contributed by atoms with Crippen molar-refractivity contribution in [3.05, 3.63) is 99.9 Å². The van der Waals surface area contributed by atoms with E-state index < -0.39 is 60.2 Å². The van der Waals surface area contributed by atoms with E-state index in [-0.39, 0.29) is 53.4 Å². The molecule has 0 unspecified atom stereocenters. The molecule has 6 rings (SSSR count). The zero-order valence-electron chi connectivity index (χ0n) is 27.5. The molecule has 270 valence electrons. The van der Waals surface area contributed by atoms with Crippen LogP contribution in [0.1, 0.15) is 42.2 Å². The second kappa shape index (κ2) is 13.8. The third kappa shape index (κ3) is 6.71. The summed E-state index contributed by atoms with van der Waals surface area (Å²) in [7, 11) is -5.85. The maximum Gasteiger partial charge on any atom is 0.399 e. The molecule has 4 aromatic rings. The lowest BCUT2D eigenvalue weighted by Crippen LogP contribution is -2.60. The lowest BCUT2D eigenvalue weighted by molar-refractivity contribution is -0.143. The van der Waals surface area contributed by atoms with Crippen molar-refractivity contribution in [2.45, 2.75) is 50.0 Å². The van der Waals surface area contributed by atoms with Crippen LogP contribution in [0.15, 0.2) is 71.7 Å². The summed E-state index contributed by atoms with van der Waals surface area (Å²) in [5.74, 6) is -2.51. The summed E-state index contributed by atoms with van der Waals surface area (Å²) in [4.78, 5) is 94.3. The molecule has 4 amide bonds. The van der Waals surface area contributed by atoms with Crippen molar-refractivity contribution in [3.63, 3.8) is 0 Å². The van der Waals surface area contributed by atoms with Gasteiger partial charge in [-0.25, -0.2) is 4.85 Å². The Kier molecular flexibility index (Phi) is 9.58. The molecule has 2 saturated heterocycles. The summed E-state index contributed by atoms with van der Waals surface area (Å²) in [6.45, 7) is 8.93. The number of carbonyl (C=O) groups excluding carboxylic acids is 4. The van der Waals surface area contributed by atoms with Gasteiger partial charge in [0.05, 0.1) is 12.3 Å². The number of hydrogen-bond donors (Lipinski definition) is 5. The normalized spacial score (nSPS) is 19.4. The predicted molar refractivity (Wildman–Crippen MR) is 183 cm³/mol. The van der Waals surface area contributed by atoms with Gasteiger partial charge >= 0.3 is 13.3 Å². The van der Waals surface area contributed by atoms with Gasteiger partial charge < -0.3 is 35.2 Å². The Bertz CT molecular complexity index is 2250. The first-order chi connectivity index (χ1) is 24.6. The number of rotatable bonds is 7. The molecule has 18 heteroatoms. The summed E-state index contributed by atoms with van der Waals surface area (Å²) in [6, 6.07) is 11.1. The largest absolute Gasteiger partial charge is 0.399 e. The highest BCUT2D eigenvalue weighted by Gasteiger charge is 2.50. The molecule has 2 aliphatic heterocycles. The van der Waals surface area contributed by atoms with E-state index in [1.54, 1.807) is 30.3 Å². The SMILES string of the molecule is [C-]#[N+]c1c(NC(=O)[C@@H]2CC[C@@H]3CCN(C(C)=O)C[C@H](NC(=O)c4cc5cc(C(F)(F)P(=O)(O)O)ccc5[nH]4)C(=O)N32)ccn(-c2ccccc2)c1=O. The Morgan fingerprint density at radius 1 is 1.04 bits per heavy atom. The van der Waals surface area contributed by atoms with Crippen LogP contribution in [-0.4, -0.2) is 84.0 Å². The summed E-state index contributed by atoms with van der Waals surface area (Å²) in [5.41, 5.74) is -5.91. The second-order valence-corrected chi connectivity index (χ2v) is 14.2. The van der Waals surface area contributed by atoms with Crippen molar-refractivity contribution in [2.75, 3.05) is 18.4 Å². The van der Waals surface area contributed by atoms with Gasteiger partial charge in [-0.3, -0.25) is 33.1 Å². The molecule has 4 heterocycles. The van der Waals surface area contributed by atoms with Gasteiger partial charge in [-0.05, 0) is 55.7 Å². The van der Waals surface area contributed by atoms with E-state index in [0.717, 1.165) is 18.2 Å². The molecule has 15 nitrogen and oxygen atoms in total. The Hall–Kier alpha value is -5.69. The summed E-state index contributed by atoms with van der Waals surface area (Å²) < 4.78 is 41.4. The van der Waals surface area contributed by atoms with Crippen molar-refractivity contribution >= 4 is 53.5 Å². The maximum absolute atomic E-state index is 14.4. The monoisotopic (exact) mass is 735 g/mol. The molecule has 3 atom stereocenters. The molecule has 0 aliphatic carbocycles. The van der Waals surface area contributed by atoms with Gasteiger partial charge in [-0.1, -0.05) is 24.3 Å². The number of aromatic amines is 1. The van der Waals surface area contributed by atoms with Crippen molar-refractivity contribution in [1.82, 2.24) is 24.7 Å². The number of H-pyrrole nitrogens is 1. The molecule has 2 aliphatic rings. The smallest absolute Gasteiger partial charge is 0.351 e. The Balaban J connectivity index is 1.25. The summed E-state index contributed by atoms with van der Waals surface area (Å²) in [6.07, 6.45) is 2.39. The van der Waals surface area contributed by atoms with Crippen LogP contribution in [0.4, 0.5) is 20.2 Å². The van der Waals surface area contributed by atoms with Crippen molar-refractivity contribution in [2.24, 2.45) is 0 Å². The summed E-state index contributed by atoms with van der Waals surface area (Å²) >= 11 is 0. The first kappa shape index (κ1) is 36.1. The molecular weight excluding hydrogens is 703 g/mol. The van der Waals surface area contributed by atoms with Gasteiger partial charge in [0.15, 0.2) is 0 Å². The molecule has 0 bridgehead atoms. The van der Waals surface area contributed by atoms with Gasteiger partial charge in [0.25, 0.3) is 17.2 Å². The van der Waals surface area contributed by atoms with E-state index in [4.69, 9.17) is 16.4 Å². The van der Waals surface area contributed by atoms with Crippen molar-refractivity contribution in [3.8, 4) is 5.69 Å². The minimum Gasteiger partial charge on any atom is -0.351 e. The van der Waals surface area contributed by atoms with E-state index in [0.29, 0.717) is 18.5 Å².